The van der Waals surface area contributed by atoms with Gasteiger partial charge in [0, 0.05) is 0 Å². The van der Waals surface area contributed by atoms with E-state index in [4.69, 9.17) is 22.1 Å². The highest BCUT2D eigenvalue weighted by atomic mass is 32.1. The number of thiocarbonyl (C=S) groups is 1. The number of nitrogens with zero attached hydrogens (tertiary/aromatic N) is 1. The first-order chi connectivity index (χ1) is 8.47. The van der Waals surface area contributed by atoms with Crippen LogP contribution in [0, 0.1) is 0 Å². The fraction of sp³-hybridized carbons (Fsp3) is 0.778. The molecule has 2 heterocycles. The molecule has 8 nitrogen and oxygen atoms in total. The highest BCUT2D eigenvalue weighted by molar-refractivity contribution is 7.80. The Labute approximate surface area is 108 Å². The third-order valence-electron chi connectivity index (χ3n) is 2.97. The fourth-order valence-electron chi connectivity index (χ4n) is 2.01. The number of carbonyl (C=O) groups is 1. The molecule has 18 heavy (non-hydrogen) atoms. The average Bonchev–Trinajstić information content (AvgIpc) is 2.82. The first-order valence-electron chi connectivity index (χ1n) is 5.37. The molecule has 5 N–H and O–H groups in total. The first-order valence-corrected chi connectivity index (χ1v) is 5.78. The van der Waals surface area contributed by atoms with E-state index in [9.17, 15) is 20.1 Å². The molecule has 0 aromatic rings. The highest BCUT2D eigenvalue weighted by Gasteiger charge is 2.51. The van der Waals surface area contributed by atoms with E-state index in [1.54, 1.807) is 0 Å². The van der Waals surface area contributed by atoms with Crippen LogP contribution in [0.4, 0.5) is 0 Å². The van der Waals surface area contributed by atoms with Crippen LogP contribution in [-0.4, -0.2) is 80.1 Å². The van der Waals surface area contributed by atoms with Crippen molar-refractivity contribution in [1.29, 1.82) is 0 Å². The van der Waals surface area contributed by atoms with E-state index in [0.29, 0.717) is 0 Å². The predicted octanol–water partition coefficient (Wildman–Crippen LogP) is -3.50. The molecule has 9 heteroatoms. The normalized spacial score (nSPS) is 38.1. The van der Waals surface area contributed by atoms with Crippen LogP contribution in [0.3, 0.4) is 0 Å². The molecular formula is C9H14N2O6S. The van der Waals surface area contributed by atoms with Crippen LogP contribution < -0.4 is 5.32 Å². The standard InChI is InChI=1S/C9H14N2O6S/c12-2-3(13)7-5(15)6(16)8(17-7)11-4(14)1-10-9(11)18/h3,5-8,12-13,15-16H,1-2H2,(H,10,18)/t3-,5-,6-,7+,8-/m1/s1. The van der Waals surface area contributed by atoms with Crippen molar-refractivity contribution < 1.29 is 30.0 Å². The van der Waals surface area contributed by atoms with Crippen molar-refractivity contribution in [2.45, 2.75) is 30.6 Å². The minimum absolute atomic E-state index is 0.00523. The number of aliphatic hydroxyl groups excluding tert-OH is 4. The maximum absolute atomic E-state index is 11.6. The lowest BCUT2D eigenvalue weighted by Crippen LogP contribution is -2.47. The number of nitrogens with one attached hydrogen (secondary N) is 1. The predicted molar refractivity (Wildman–Crippen MR) is 61.2 cm³/mol. The second kappa shape index (κ2) is 5.03. The molecule has 2 fully saturated rings. The van der Waals surface area contributed by atoms with Gasteiger partial charge in [0.2, 0.25) is 5.91 Å². The monoisotopic (exact) mass is 278 g/mol. The summed E-state index contributed by atoms with van der Waals surface area (Å²) in [7, 11) is 0. The lowest BCUT2D eigenvalue weighted by atomic mass is 10.1. The molecule has 0 aromatic carbocycles. The molecule has 0 aromatic heterocycles. The van der Waals surface area contributed by atoms with Crippen LogP contribution in [0.25, 0.3) is 0 Å². The summed E-state index contributed by atoms with van der Waals surface area (Å²) in [5.41, 5.74) is 0. The molecule has 2 saturated heterocycles. The Hall–Kier alpha value is -0.840. The van der Waals surface area contributed by atoms with Gasteiger partial charge in [-0.2, -0.15) is 0 Å². The third kappa shape index (κ3) is 2.09. The molecule has 0 unspecified atom stereocenters. The Balaban J connectivity index is 2.16. The van der Waals surface area contributed by atoms with E-state index in [1.165, 1.54) is 0 Å². The molecule has 0 spiro atoms. The first kappa shape index (κ1) is 13.6. The van der Waals surface area contributed by atoms with Gasteiger partial charge in [0.1, 0.15) is 24.4 Å². The van der Waals surface area contributed by atoms with Gasteiger partial charge in [-0.1, -0.05) is 0 Å². The van der Waals surface area contributed by atoms with Crippen LogP contribution in [0.1, 0.15) is 0 Å². The minimum atomic E-state index is -1.41. The van der Waals surface area contributed by atoms with Gasteiger partial charge in [0.25, 0.3) is 0 Å². The van der Waals surface area contributed by atoms with Crippen LogP contribution in [-0.2, 0) is 9.53 Å². The third-order valence-corrected chi connectivity index (χ3v) is 3.32. The molecule has 2 aliphatic heterocycles. The Morgan fingerprint density at radius 2 is 2.17 bits per heavy atom. The lowest BCUT2D eigenvalue weighted by Gasteiger charge is -2.25. The van der Waals surface area contributed by atoms with E-state index in [2.05, 4.69) is 5.32 Å². The minimum Gasteiger partial charge on any atom is -0.394 e. The van der Waals surface area contributed by atoms with E-state index in [0.717, 1.165) is 4.90 Å². The summed E-state index contributed by atoms with van der Waals surface area (Å²) in [6.07, 6.45) is -6.50. The summed E-state index contributed by atoms with van der Waals surface area (Å²) < 4.78 is 5.23. The average molecular weight is 278 g/mol. The zero-order chi connectivity index (χ0) is 13.4. The summed E-state index contributed by atoms with van der Waals surface area (Å²) in [6, 6.07) is 0. The number of amides is 1. The Kier molecular flexibility index (Phi) is 3.80. The molecule has 102 valence electrons. The van der Waals surface area contributed by atoms with Gasteiger partial charge < -0.3 is 30.5 Å². The number of aliphatic hydroxyl groups is 4. The molecule has 1 amide bonds. The quantitative estimate of drug-likeness (QED) is 0.337. The van der Waals surface area contributed by atoms with E-state index >= 15 is 0 Å². The van der Waals surface area contributed by atoms with Crippen LogP contribution in [0.5, 0.6) is 0 Å². The van der Waals surface area contributed by atoms with Crippen LogP contribution >= 0.6 is 12.2 Å². The molecule has 2 rings (SSSR count). The fourth-order valence-corrected chi connectivity index (χ4v) is 2.29. The van der Waals surface area contributed by atoms with Crippen molar-refractivity contribution in [3.05, 3.63) is 0 Å². The maximum Gasteiger partial charge on any atom is 0.250 e. The van der Waals surface area contributed by atoms with Crippen molar-refractivity contribution in [2.75, 3.05) is 13.2 Å². The Morgan fingerprint density at radius 3 is 2.67 bits per heavy atom. The van der Waals surface area contributed by atoms with Gasteiger partial charge >= 0.3 is 0 Å². The van der Waals surface area contributed by atoms with Crippen molar-refractivity contribution in [3.8, 4) is 0 Å². The smallest absolute Gasteiger partial charge is 0.250 e. The number of hydrogen-bond acceptors (Lipinski definition) is 7. The SMILES string of the molecule is O=C1CNC(=S)N1[C@@H]1O[C@@H]([C@H](O)CO)[C@H](O)[C@H]1O. The summed E-state index contributed by atoms with van der Waals surface area (Å²) in [5, 5.41) is 40.5. The van der Waals surface area contributed by atoms with Gasteiger partial charge in [-0.25, -0.2) is 0 Å². The van der Waals surface area contributed by atoms with Crippen LogP contribution in [0.2, 0.25) is 0 Å². The van der Waals surface area contributed by atoms with Gasteiger partial charge in [-0.15, -0.1) is 0 Å². The number of hydrogen-bond donors (Lipinski definition) is 5. The Bertz CT molecular complexity index is 351. The second-order valence-corrected chi connectivity index (χ2v) is 4.53. The topological polar surface area (TPSA) is 122 Å². The molecular weight excluding hydrogens is 264 g/mol. The highest BCUT2D eigenvalue weighted by Crippen LogP contribution is 2.27. The molecule has 2 aliphatic rings. The maximum atomic E-state index is 11.6. The number of ether oxygens (including phenoxy) is 1. The molecule has 0 bridgehead atoms. The lowest BCUT2D eigenvalue weighted by molar-refractivity contribution is -0.142. The van der Waals surface area contributed by atoms with Gasteiger partial charge in [0.15, 0.2) is 11.3 Å². The van der Waals surface area contributed by atoms with Crippen molar-refractivity contribution in [1.82, 2.24) is 10.2 Å². The van der Waals surface area contributed by atoms with Gasteiger partial charge in [-0.3, -0.25) is 9.69 Å². The van der Waals surface area contributed by atoms with Crippen LogP contribution in [0.15, 0.2) is 0 Å². The Morgan fingerprint density at radius 1 is 1.50 bits per heavy atom. The molecule has 0 aliphatic carbocycles. The number of rotatable bonds is 3. The second-order valence-electron chi connectivity index (χ2n) is 4.14. The molecule has 0 saturated carbocycles. The van der Waals surface area contributed by atoms with Gasteiger partial charge in [0.05, 0.1) is 13.2 Å². The zero-order valence-electron chi connectivity index (χ0n) is 9.26. The van der Waals surface area contributed by atoms with E-state index in [-0.39, 0.29) is 11.7 Å². The summed E-state index contributed by atoms with van der Waals surface area (Å²) in [6.45, 7) is -0.632. The van der Waals surface area contributed by atoms with Crippen molar-refractivity contribution >= 4 is 23.2 Å². The van der Waals surface area contributed by atoms with Gasteiger partial charge in [-0.05, 0) is 12.2 Å². The molecule has 0 radical (unpaired) electrons. The molecule has 5 atom stereocenters. The van der Waals surface area contributed by atoms with E-state index < -0.39 is 43.2 Å². The number of carbonyl (C=O) groups excluding carboxylic acids is 1. The van der Waals surface area contributed by atoms with Crippen molar-refractivity contribution in [2.24, 2.45) is 0 Å². The van der Waals surface area contributed by atoms with E-state index in [1.807, 2.05) is 0 Å². The summed E-state index contributed by atoms with van der Waals surface area (Å²) >= 11 is 4.89. The summed E-state index contributed by atoms with van der Waals surface area (Å²) in [4.78, 5) is 12.6. The van der Waals surface area contributed by atoms with Crippen molar-refractivity contribution in [3.63, 3.8) is 0 Å². The largest absolute Gasteiger partial charge is 0.394 e. The summed E-state index contributed by atoms with van der Waals surface area (Å²) in [5.74, 6) is -0.393. The zero-order valence-corrected chi connectivity index (χ0v) is 10.1.